The maximum atomic E-state index is 13.2. The third-order valence-corrected chi connectivity index (χ3v) is 7.15. The number of carbonyl (C=O) groups is 2. The Bertz CT molecular complexity index is 790. The molecule has 0 saturated carbocycles. The highest BCUT2D eigenvalue weighted by Crippen LogP contribution is 2.38. The predicted molar refractivity (Wildman–Crippen MR) is 127 cm³/mol. The van der Waals surface area contributed by atoms with Crippen LogP contribution in [0.15, 0.2) is 24.3 Å². The van der Waals surface area contributed by atoms with E-state index in [1.165, 1.54) is 0 Å². The van der Waals surface area contributed by atoms with E-state index in [0.29, 0.717) is 25.1 Å². The van der Waals surface area contributed by atoms with Crippen LogP contribution in [0.1, 0.15) is 48.9 Å². The number of hydrogen-bond donors (Lipinski definition) is 2. The van der Waals surface area contributed by atoms with E-state index in [1.54, 1.807) is 4.90 Å². The van der Waals surface area contributed by atoms with E-state index in [-0.39, 0.29) is 24.9 Å². The van der Waals surface area contributed by atoms with Crippen molar-refractivity contribution in [1.82, 2.24) is 9.80 Å². The molecule has 3 rings (SSSR count). The number of anilines is 1. The van der Waals surface area contributed by atoms with Gasteiger partial charge in [0.05, 0.1) is 11.5 Å². The molecule has 8 nitrogen and oxygen atoms in total. The van der Waals surface area contributed by atoms with Crippen molar-refractivity contribution in [3.05, 3.63) is 29.8 Å². The van der Waals surface area contributed by atoms with E-state index in [4.69, 9.17) is 4.74 Å². The minimum absolute atomic E-state index is 0.0850. The highest BCUT2D eigenvalue weighted by molar-refractivity contribution is 5.94. The van der Waals surface area contributed by atoms with E-state index < -0.39 is 17.6 Å². The van der Waals surface area contributed by atoms with E-state index in [1.807, 2.05) is 50.3 Å². The zero-order valence-corrected chi connectivity index (χ0v) is 20.2. The monoisotopic (exact) mass is 461 g/mol. The molecule has 184 valence electrons. The van der Waals surface area contributed by atoms with Gasteiger partial charge in [-0.3, -0.25) is 9.59 Å². The van der Waals surface area contributed by atoms with E-state index in [2.05, 4.69) is 4.90 Å². The van der Waals surface area contributed by atoms with Crippen LogP contribution < -0.4 is 4.90 Å². The molecule has 2 fully saturated rings. The molecule has 1 amide bonds. The lowest BCUT2D eigenvalue weighted by Crippen LogP contribution is -2.45. The maximum Gasteiger partial charge on any atom is 0.312 e. The van der Waals surface area contributed by atoms with Crippen LogP contribution in [0, 0.1) is 5.41 Å². The number of aliphatic hydroxyl groups excluding tert-OH is 2. The van der Waals surface area contributed by atoms with Crippen LogP contribution in [0.3, 0.4) is 0 Å². The third-order valence-electron chi connectivity index (χ3n) is 7.15. The number of aliphatic hydroxyl groups is 2. The van der Waals surface area contributed by atoms with Crippen LogP contribution >= 0.6 is 0 Å². The summed E-state index contributed by atoms with van der Waals surface area (Å²) >= 11 is 0. The Labute approximate surface area is 197 Å². The number of cyclic esters (lactones) is 1. The molecule has 0 aliphatic carbocycles. The van der Waals surface area contributed by atoms with Gasteiger partial charge in [-0.15, -0.1) is 0 Å². The number of ether oxygens (including phenoxy) is 1. The number of nitrogens with zero attached hydrogens (tertiary/aromatic N) is 3. The number of piperidine rings is 1. The SMILES string of the molecule is CN1CCC2(CCCCN(C(=O)c3ccc(N(C)C)cc3)CC[C@H](O)[C@H](O)COC2=O)CC1. The molecule has 8 heteroatoms. The Morgan fingerprint density at radius 1 is 1.00 bits per heavy atom. The van der Waals surface area contributed by atoms with Crippen molar-refractivity contribution in [2.24, 2.45) is 5.41 Å². The van der Waals surface area contributed by atoms with Gasteiger partial charge in [-0.1, -0.05) is 6.42 Å². The van der Waals surface area contributed by atoms with E-state index in [9.17, 15) is 19.8 Å². The number of hydrogen-bond acceptors (Lipinski definition) is 7. The molecule has 1 aromatic carbocycles. The van der Waals surface area contributed by atoms with Gasteiger partial charge < -0.3 is 29.6 Å². The number of esters is 1. The Balaban J connectivity index is 1.73. The van der Waals surface area contributed by atoms with Crippen LogP contribution in [0.25, 0.3) is 0 Å². The number of amides is 1. The van der Waals surface area contributed by atoms with Gasteiger partial charge >= 0.3 is 5.97 Å². The van der Waals surface area contributed by atoms with Crippen LogP contribution in [0.5, 0.6) is 0 Å². The summed E-state index contributed by atoms with van der Waals surface area (Å²) in [6.45, 7) is 2.30. The fraction of sp³-hybridized carbons (Fsp3) is 0.680. The number of benzene rings is 1. The molecule has 33 heavy (non-hydrogen) atoms. The van der Waals surface area contributed by atoms with Gasteiger partial charge in [0.2, 0.25) is 0 Å². The molecule has 0 radical (unpaired) electrons. The molecule has 2 atom stereocenters. The van der Waals surface area contributed by atoms with Gasteiger partial charge in [0, 0.05) is 38.4 Å². The minimum Gasteiger partial charge on any atom is -0.462 e. The van der Waals surface area contributed by atoms with Crippen LogP contribution in [0.4, 0.5) is 5.69 Å². The highest BCUT2D eigenvalue weighted by Gasteiger charge is 2.42. The molecule has 2 aliphatic heterocycles. The lowest BCUT2D eigenvalue weighted by atomic mass is 9.74. The molecule has 2 N–H and O–H groups in total. The molecule has 1 spiro atoms. The van der Waals surface area contributed by atoms with Crippen molar-refractivity contribution in [2.75, 3.05) is 58.8 Å². The van der Waals surface area contributed by atoms with Gasteiger partial charge in [-0.25, -0.2) is 0 Å². The summed E-state index contributed by atoms with van der Waals surface area (Å²) < 4.78 is 5.49. The molecule has 0 aromatic heterocycles. The predicted octanol–water partition coefficient (Wildman–Crippen LogP) is 1.75. The first-order valence-corrected chi connectivity index (χ1v) is 12.0. The van der Waals surface area contributed by atoms with Crippen molar-refractivity contribution in [3.8, 4) is 0 Å². The largest absolute Gasteiger partial charge is 0.462 e. The molecular formula is C25H39N3O5. The van der Waals surface area contributed by atoms with Crippen molar-refractivity contribution in [1.29, 1.82) is 0 Å². The van der Waals surface area contributed by atoms with Gasteiger partial charge in [-0.05, 0) is 76.5 Å². The average Bonchev–Trinajstić information content (AvgIpc) is 2.82. The zero-order chi connectivity index (χ0) is 24.0. The number of rotatable bonds is 2. The van der Waals surface area contributed by atoms with Crippen molar-refractivity contribution < 1.29 is 24.5 Å². The molecular weight excluding hydrogens is 422 g/mol. The minimum atomic E-state index is -1.17. The number of carbonyl (C=O) groups excluding carboxylic acids is 2. The summed E-state index contributed by atoms with van der Waals surface area (Å²) in [6.07, 6.45) is 1.71. The molecule has 0 bridgehead atoms. The standard InChI is InChI=1S/C25H39N3O5/c1-26(2)20-8-6-19(7-9-20)23(31)28-14-5-4-11-25(12-16-27(3)17-13-25)24(32)33-18-22(30)21(29)10-15-28/h6-9,21-22,29-30H,4-5,10-18H2,1-3H3/t21-,22+/m0/s1. The van der Waals surface area contributed by atoms with Crippen molar-refractivity contribution in [2.45, 2.75) is 50.7 Å². The van der Waals surface area contributed by atoms with Crippen LogP contribution in [0.2, 0.25) is 0 Å². The van der Waals surface area contributed by atoms with Gasteiger partial charge in [0.25, 0.3) is 5.91 Å². The third kappa shape index (κ3) is 6.46. The summed E-state index contributed by atoms with van der Waals surface area (Å²) in [4.78, 5) is 32.1. The van der Waals surface area contributed by atoms with Gasteiger partial charge in [-0.2, -0.15) is 0 Å². The Morgan fingerprint density at radius 3 is 2.30 bits per heavy atom. The Morgan fingerprint density at radius 2 is 1.67 bits per heavy atom. The zero-order valence-electron chi connectivity index (χ0n) is 20.2. The van der Waals surface area contributed by atoms with Gasteiger partial charge in [0.15, 0.2) is 0 Å². The normalized spacial score (nSPS) is 25.5. The summed E-state index contributed by atoms with van der Waals surface area (Å²) in [5.74, 6) is -0.354. The maximum absolute atomic E-state index is 13.2. The Hall–Kier alpha value is -2.16. The summed E-state index contributed by atoms with van der Waals surface area (Å²) in [7, 11) is 5.95. The van der Waals surface area contributed by atoms with Crippen LogP contribution in [-0.4, -0.2) is 98.0 Å². The van der Waals surface area contributed by atoms with Crippen LogP contribution in [-0.2, 0) is 9.53 Å². The summed E-state index contributed by atoms with van der Waals surface area (Å²) in [5.41, 5.74) is 1.07. The second-order valence-corrected chi connectivity index (χ2v) is 9.80. The smallest absolute Gasteiger partial charge is 0.312 e. The van der Waals surface area contributed by atoms with Gasteiger partial charge in [0.1, 0.15) is 12.7 Å². The van der Waals surface area contributed by atoms with Crippen molar-refractivity contribution >= 4 is 17.6 Å². The molecule has 2 heterocycles. The molecule has 0 unspecified atom stereocenters. The second-order valence-electron chi connectivity index (χ2n) is 9.80. The molecule has 2 saturated heterocycles. The van der Waals surface area contributed by atoms with E-state index in [0.717, 1.165) is 44.5 Å². The first-order valence-electron chi connectivity index (χ1n) is 12.0. The second kappa shape index (κ2) is 11.3. The lowest BCUT2D eigenvalue weighted by Gasteiger charge is -2.39. The first kappa shape index (κ1) is 25.5. The topological polar surface area (TPSA) is 93.6 Å². The Kier molecular flexibility index (Phi) is 8.73. The van der Waals surface area contributed by atoms with Crippen molar-refractivity contribution in [3.63, 3.8) is 0 Å². The fourth-order valence-corrected chi connectivity index (χ4v) is 4.67. The fourth-order valence-electron chi connectivity index (χ4n) is 4.67. The quantitative estimate of drug-likeness (QED) is 0.648. The van der Waals surface area contributed by atoms with E-state index >= 15 is 0 Å². The number of likely N-dealkylation sites (tertiary alicyclic amines) is 1. The first-order chi connectivity index (χ1) is 15.7. The lowest BCUT2D eigenvalue weighted by molar-refractivity contribution is -0.164. The summed E-state index contributed by atoms with van der Waals surface area (Å²) in [5, 5.41) is 20.8. The highest BCUT2D eigenvalue weighted by atomic mass is 16.5. The molecule has 1 aromatic rings. The summed E-state index contributed by atoms with van der Waals surface area (Å²) in [6, 6.07) is 7.48. The molecule has 2 aliphatic rings. The average molecular weight is 462 g/mol.